The lowest BCUT2D eigenvalue weighted by Gasteiger charge is -2.34. The first-order chi connectivity index (χ1) is 13.5. The molecule has 6 heteroatoms. The van der Waals surface area contributed by atoms with Crippen LogP contribution in [0.15, 0.2) is 65.6 Å². The number of rotatable bonds is 2. The maximum atomic E-state index is 13.4. The van der Waals surface area contributed by atoms with Crippen molar-refractivity contribution < 1.29 is 13.2 Å². The second kappa shape index (κ2) is 6.07. The van der Waals surface area contributed by atoms with E-state index in [9.17, 15) is 13.2 Å². The molecule has 2 heterocycles. The Balaban J connectivity index is 1.59. The van der Waals surface area contributed by atoms with Crippen molar-refractivity contribution in [2.24, 2.45) is 0 Å². The van der Waals surface area contributed by atoms with E-state index in [1.165, 1.54) is 4.31 Å². The van der Waals surface area contributed by atoms with Crippen molar-refractivity contribution >= 4 is 38.1 Å². The Morgan fingerprint density at radius 3 is 2.50 bits per heavy atom. The summed E-state index contributed by atoms with van der Waals surface area (Å²) in [5.41, 5.74) is 2.60. The van der Waals surface area contributed by atoms with E-state index in [2.05, 4.69) is 0 Å². The molecule has 0 unspecified atom stereocenters. The third-order valence-electron chi connectivity index (χ3n) is 5.70. The van der Waals surface area contributed by atoms with Gasteiger partial charge in [0.05, 0.1) is 10.6 Å². The number of hydrogen-bond acceptors (Lipinski definition) is 3. The molecule has 0 radical (unpaired) electrons. The van der Waals surface area contributed by atoms with Gasteiger partial charge in [-0.05, 0) is 48.9 Å². The summed E-state index contributed by atoms with van der Waals surface area (Å²) in [6.45, 7) is 2.28. The molecule has 3 aromatic rings. The van der Waals surface area contributed by atoms with E-state index in [-0.39, 0.29) is 10.8 Å². The van der Waals surface area contributed by atoms with Crippen molar-refractivity contribution in [3.05, 3.63) is 66.2 Å². The number of amides is 1. The highest BCUT2D eigenvalue weighted by Gasteiger charge is 2.42. The first-order valence-electron chi connectivity index (χ1n) is 9.45. The van der Waals surface area contributed by atoms with Crippen molar-refractivity contribution in [2.75, 3.05) is 15.7 Å². The molecule has 0 aliphatic carbocycles. The Morgan fingerprint density at radius 1 is 0.964 bits per heavy atom. The smallest absolute Gasteiger partial charge is 0.265 e. The van der Waals surface area contributed by atoms with Crippen LogP contribution in [0.25, 0.3) is 10.8 Å². The molecule has 2 aliphatic heterocycles. The number of carbonyl (C=O) groups is 1. The Hall–Kier alpha value is -2.86. The summed E-state index contributed by atoms with van der Waals surface area (Å²) in [4.78, 5) is 15.4. The Labute approximate surface area is 164 Å². The van der Waals surface area contributed by atoms with Crippen LogP contribution in [0.2, 0.25) is 0 Å². The molecule has 0 fully saturated rings. The predicted octanol–water partition coefficient (Wildman–Crippen LogP) is 3.72. The predicted molar refractivity (Wildman–Crippen MR) is 110 cm³/mol. The van der Waals surface area contributed by atoms with Crippen LogP contribution in [0, 0.1) is 0 Å². The van der Waals surface area contributed by atoms with E-state index < -0.39 is 16.1 Å². The quantitative estimate of drug-likeness (QED) is 0.668. The summed E-state index contributed by atoms with van der Waals surface area (Å²) >= 11 is 0. The van der Waals surface area contributed by atoms with Gasteiger partial charge in [0.15, 0.2) is 0 Å². The minimum absolute atomic E-state index is 0.194. The molecular formula is C22H20N2O3S. The normalized spacial score (nSPS) is 18.2. The largest absolute Gasteiger partial charge is 0.310 e. The third kappa shape index (κ3) is 2.31. The van der Waals surface area contributed by atoms with Gasteiger partial charge in [-0.2, -0.15) is 0 Å². The molecule has 5 nitrogen and oxygen atoms in total. The zero-order valence-electron chi connectivity index (χ0n) is 15.5. The average Bonchev–Trinajstić information content (AvgIpc) is 2.95. The molecule has 142 valence electrons. The summed E-state index contributed by atoms with van der Waals surface area (Å²) in [5, 5.41) is 1.56. The van der Waals surface area contributed by atoms with Gasteiger partial charge in [0, 0.05) is 17.6 Å². The molecule has 0 saturated carbocycles. The second-order valence-electron chi connectivity index (χ2n) is 7.33. The number of fused-ring (bicyclic) bond motifs is 1. The van der Waals surface area contributed by atoms with Crippen molar-refractivity contribution in [1.29, 1.82) is 0 Å². The number of hydrogen-bond donors (Lipinski definition) is 0. The molecule has 0 aromatic heterocycles. The van der Waals surface area contributed by atoms with Gasteiger partial charge in [-0.25, -0.2) is 8.42 Å². The SMILES string of the molecule is C[C@@H](C(=O)N1CCCc2ccccc21)N1c2cccc3cccc(c23)S1(=O)=O. The number of aryl methyl sites for hydroxylation is 1. The second-order valence-corrected chi connectivity index (χ2v) is 9.11. The van der Waals surface area contributed by atoms with Gasteiger partial charge in [-0.1, -0.05) is 42.5 Å². The third-order valence-corrected chi connectivity index (χ3v) is 7.63. The highest BCUT2D eigenvalue weighted by molar-refractivity contribution is 7.93. The number of nitrogens with zero attached hydrogens (tertiary/aromatic N) is 2. The summed E-state index contributed by atoms with van der Waals surface area (Å²) in [7, 11) is -3.77. The lowest BCUT2D eigenvalue weighted by molar-refractivity contribution is -0.119. The van der Waals surface area contributed by atoms with E-state index in [1.54, 1.807) is 30.0 Å². The molecular weight excluding hydrogens is 372 g/mol. The van der Waals surface area contributed by atoms with Crippen LogP contribution in [0.5, 0.6) is 0 Å². The maximum absolute atomic E-state index is 13.4. The average molecular weight is 392 g/mol. The molecule has 0 N–H and O–H groups in total. The highest BCUT2D eigenvalue weighted by atomic mass is 32.2. The maximum Gasteiger partial charge on any atom is 0.265 e. The molecule has 0 saturated heterocycles. The van der Waals surface area contributed by atoms with Crippen LogP contribution in [-0.2, 0) is 21.2 Å². The Kier molecular flexibility index (Phi) is 3.74. The molecule has 2 aliphatic rings. The fourth-order valence-corrected chi connectivity index (χ4v) is 6.29. The minimum atomic E-state index is -3.77. The molecule has 3 aromatic carbocycles. The number of para-hydroxylation sites is 1. The Bertz CT molecular complexity index is 1210. The summed E-state index contributed by atoms with van der Waals surface area (Å²) in [5.74, 6) is -0.194. The molecule has 0 spiro atoms. The molecule has 0 bridgehead atoms. The Morgan fingerprint density at radius 2 is 1.68 bits per heavy atom. The van der Waals surface area contributed by atoms with E-state index in [4.69, 9.17) is 0 Å². The van der Waals surface area contributed by atoms with E-state index in [1.807, 2.05) is 42.5 Å². The standard InChI is InChI=1S/C22H20N2O3S/c1-15(22(25)23-14-6-10-16-7-2-3-11-18(16)23)24-19-12-4-8-17-9-5-13-20(21(17)19)28(24,26)27/h2-5,7-9,11-13,15H,6,10,14H2,1H3/t15-/m0/s1. The molecule has 1 amide bonds. The number of anilines is 2. The minimum Gasteiger partial charge on any atom is -0.310 e. The topological polar surface area (TPSA) is 57.7 Å². The van der Waals surface area contributed by atoms with Crippen LogP contribution in [0.1, 0.15) is 18.9 Å². The fraction of sp³-hybridized carbons (Fsp3) is 0.227. The number of benzene rings is 3. The van der Waals surface area contributed by atoms with Crippen LogP contribution in [0.3, 0.4) is 0 Å². The van der Waals surface area contributed by atoms with E-state index in [0.29, 0.717) is 17.6 Å². The van der Waals surface area contributed by atoms with Gasteiger partial charge in [0.25, 0.3) is 15.9 Å². The van der Waals surface area contributed by atoms with Crippen LogP contribution in [-0.4, -0.2) is 26.9 Å². The summed E-state index contributed by atoms with van der Waals surface area (Å²) < 4.78 is 27.9. The number of carbonyl (C=O) groups excluding carboxylic acids is 1. The zero-order valence-corrected chi connectivity index (χ0v) is 16.3. The number of sulfonamides is 1. The highest BCUT2D eigenvalue weighted by Crippen LogP contribution is 2.43. The van der Waals surface area contributed by atoms with Crippen LogP contribution < -0.4 is 9.21 Å². The van der Waals surface area contributed by atoms with Gasteiger partial charge >= 0.3 is 0 Å². The van der Waals surface area contributed by atoms with Gasteiger partial charge in [0.2, 0.25) is 0 Å². The lowest BCUT2D eigenvalue weighted by Crippen LogP contribution is -2.50. The van der Waals surface area contributed by atoms with Gasteiger partial charge < -0.3 is 4.90 Å². The first-order valence-corrected chi connectivity index (χ1v) is 10.9. The van der Waals surface area contributed by atoms with E-state index in [0.717, 1.165) is 29.5 Å². The monoisotopic (exact) mass is 392 g/mol. The van der Waals surface area contributed by atoms with Crippen molar-refractivity contribution in [3.8, 4) is 0 Å². The summed E-state index contributed by atoms with van der Waals surface area (Å²) in [6.07, 6.45) is 1.80. The molecule has 5 rings (SSSR count). The van der Waals surface area contributed by atoms with Gasteiger partial charge in [0.1, 0.15) is 6.04 Å². The van der Waals surface area contributed by atoms with Gasteiger partial charge in [-0.3, -0.25) is 9.10 Å². The van der Waals surface area contributed by atoms with Crippen LogP contribution >= 0.6 is 0 Å². The van der Waals surface area contributed by atoms with Crippen molar-refractivity contribution in [3.63, 3.8) is 0 Å². The molecule has 28 heavy (non-hydrogen) atoms. The zero-order chi connectivity index (χ0) is 19.5. The van der Waals surface area contributed by atoms with Crippen molar-refractivity contribution in [1.82, 2.24) is 0 Å². The fourth-order valence-electron chi connectivity index (χ4n) is 4.43. The molecule has 1 atom stereocenters. The summed E-state index contributed by atoms with van der Waals surface area (Å²) in [6, 6.07) is 17.8. The first kappa shape index (κ1) is 17.3. The lowest BCUT2D eigenvalue weighted by atomic mass is 10.0. The van der Waals surface area contributed by atoms with E-state index >= 15 is 0 Å². The van der Waals surface area contributed by atoms with Gasteiger partial charge in [-0.15, -0.1) is 0 Å². The van der Waals surface area contributed by atoms with Crippen molar-refractivity contribution in [2.45, 2.75) is 30.7 Å². The van der Waals surface area contributed by atoms with Crippen LogP contribution in [0.4, 0.5) is 11.4 Å².